The zero-order valence-electron chi connectivity index (χ0n) is 12.5. The molecule has 0 aliphatic carbocycles. The number of aromatic nitrogens is 1. The van der Waals surface area contributed by atoms with E-state index in [9.17, 15) is 27.5 Å². The third-order valence-corrected chi connectivity index (χ3v) is 3.74. The van der Waals surface area contributed by atoms with Gasteiger partial charge in [-0.3, -0.25) is 9.78 Å². The number of halogens is 4. The topological polar surface area (TPSA) is 65.8 Å². The van der Waals surface area contributed by atoms with E-state index < -0.39 is 30.0 Å². The lowest BCUT2D eigenvalue weighted by molar-refractivity contribution is -0.297. The van der Waals surface area contributed by atoms with Crippen LogP contribution in [0, 0.1) is 5.82 Å². The zero-order valence-corrected chi connectivity index (χ0v) is 12.5. The predicted octanol–water partition coefficient (Wildman–Crippen LogP) is 2.72. The molecule has 3 rings (SSSR count). The molecule has 2 aromatic rings. The Morgan fingerprint density at radius 2 is 1.72 bits per heavy atom. The van der Waals surface area contributed by atoms with Crippen molar-refractivity contribution in [2.75, 3.05) is 0 Å². The Kier molecular flexibility index (Phi) is 4.03. The molecular weight excluding hydrogens is 342 g/mol. The average Bonchev–Trinajstić information content (AvgIpc) is 2.94. The van der Waals surface area contributed by atoms with Gasteiger partial charge in [-0.15, -0.1) is 0 Å². The molecule has 5 nitrogen and oxygen atoms in total. The molecule has 1 aromatic heterocycles. The summed E-state index contributed by atoms with van der Waals surface area (Å²) < 4.78 is 53.3. The van der Waals surface area contributed by atoms with Crippen molar-refractivity contribution in [2.24, 2.45) is 5.10 Å². The number of hydrogen-bond donors (Lipinski definition) is 1. The molecule has 0 saturated carbocycles. The summed E-state index contributed by atoms with van der Waals surface area (Å²) in [4.78, 5) is 16.1. The lowest BCUT2D eigenvalue weighted by Gasteiger charge is -2.32. The molecule has 0 spiro atoms. The van der Waals surface area contributed by atoms with E-state index in [1.807, 2.05) is 0 Å². The van der Waals surface area contributed by atoms with Crippen molar-refractivity contribution >= 4 is 11.6 Å². The number of amides is 1. The van der Waals surface area contributed by atoms with Crippen LogP contribution in [0.15, 0.2) is 53.9 Å². The van der Waals surface area contributed by atoms with Gasteiger partial charge in [-0.1, -0.05) is 12.1 Å². The van der Waals surface area contributed by atoms with Gasteiger partial charge in [-0.25, -0.2) is 4.39 Å². The summed E-state index contributed by atoms with van der Waals surface area (Å²) >= 11 is 0. The number of benzene rings is 1. The second-order valence-electron chi connectivity index (χ2n) is 5.40. The van der Waals surface area contributed by atoms with Crippen LogP contribution >= 0.6 is 0 Å². The third kappa shape index (κ3) is 2.98. The van der Waals surface area contributed by atoms with Gasteiger partial charge in [0.2, 0.25) is 0 Å². The van der Waals surface area contributed by atoms with Gasteiger partial charge < -0.3 is 5.11 Å². The quantitative estimate of drug-likeness (QED) is 0.845. The Bertz CT molecular complexity index is 822. The van der Waals surface area contributed by atoms with Gasteiger partial charge in [0.15, 0.2) is 0 Å². The summed E-state index contributed by atoms with van der Waals surface area (Å²) in [5, 5.41) is 13.9. The van der Waals surface area contributed by atoms with E-state index in [0.717, 1.165) is 12.1 Å². The van der Waals surface area contributed by atoms with E-state index >= 15 is 0 Å². The number of pyridine rings is 1. The van der Waals surface area contributed by atoms with Gasteiger partial charge in [-0.2, -0.15) is 23.3 Å². The minimum absolute atomic E-state index is 0.0149. The van der Waals surface area contributed by atoms with Crippen LogP contribution in [0.2, 0.25) is 0 Å². The summed E-state index contributed by atoms with van der Waals surface area (Å²) in [6.07, 6.45) is -3.62. The highest BCUT2D eigenvalue weighted by Gasteiger charge is 2.63. The first kappa shape index (κ1) is 17.0. The number of alkyl halides is 3. The van der Waals surface area contributed by atoms with Crippen molar-refractivity contribution in [3.05, 3.63) is 65.7 Å². The van der Waals surface area contributed by atoms with Gasteiger partial charge in [0.1, 0.15) is 5.82 Å². The van der Waals surface area contributed by atoms with Crippen molar-refractivity contribution in [2.45, 2.75) is 18.3 Å². The maximum absolute atomic E-state index is 13.4. The molecular formula is C16H11F4N3O2. The molecule has 0 unspecified atom stereocenters. The Morgan fingerprint density at radius 3 is 2.28 bits per heavy atom. The smallest absolute Gasteiger partial charge is 0.362 e. The first-order valence-corrected chi connectivity index (χ1v) is 7.09. The number of rotatable bonds is 2. The molecule has 9 heteroatoms. The van der Waals surface area contributed by atoms with E-state index in [4.69, 9.17) is 0 Å². The molecule has 1 aliphatic rings. The summed E-state index contributed by atoms with van der Waals surface area (Å²) in [5.41, 5.74) is -3.60. The number of nitrogens with zero attached hydrogens (tertiary/aromatic N) is 3. The Morgan fingerprint density at radius 1 is 1.12 bits per heavy atom. The molecule has 1 aliphatic heterocycles. The van der Waals surface area contributed by atoms with E-state index in [2.05, 4.69) is 10.1 Å². The molecule has 1 N–H and O–H groups in total. The van der Waals surface area contributed by atoms with Crippen LogP contribution in [0.3, 0.4) is 0 Å². The number of carbonyl (C=O) groups excluding carboxylic acids is 1. The van der Waals surface area contributed by atoms with Gasteiger partial charge >= 0.3 is 6.18 Å². The second-order valence-corrected chi connectivity index (χ2v) is 5.40. The predicted molar refractivity (Wildman–Crippen MR) is 79.0 cm³/mol. The second kappa shape index (κ2) is 5.92. The largest absolute Gasteiger partial charge is 0.438 e. The monoisotopic (exact) mass is 353 g/mol. The minimum Gasteiger partial charge on any atom is -0.362 e. The lowest BCUT2D eigenvalue weighted by Crippen LogP contribution is -2.56. The fourth-order valence-corrected chi connectivity index (χ4v) is 2.40. The van der Waals surface area contributed by atoms with E-state index in [1.165, 1.54) is 36.7 Å². The van der Waals surface area contributed by atoms with Crippen molar-refractivity contribution in [1.82, 2.24) is 9.99 Å². The highest BCUT2D eigenvalue weighted by molar-refractivity contribution is 6.05. The van der Waals surface area contributed by atoms with Crippen LogP contribution in [-0.4, -0.2) is 38.6 Å². The molecule has 1 atom stereocenters. The van der Waals surface area contributed by atoms with Crippen LogP contribution in [0.5, 0.6) is 0 Å². The first-order valence-electron chi connectivity index (χ1n) is 7.09. The minimum atomic E-state index is -5.14. The first-order chi connectivity index (χ1) is 11.7. The van der Waals surface area contributed by atoms with Crippen molar-refractivity contribution in [3.63, 3.8) is 0 Å². The van der Waals surface area contributed by atoms with Gasteiger partial charge in [0, 0.05) is 18.0 Å². The molecule has 25 heavy (non-hydrogen) atoms. The molecule has 2 heterocycles. The van der Waals surface area contributed by atoms with Crippen LogP contribution in [0.4, 0.5) is 17.6 Å². The number of aliphatic hydroxyl groups is 1. The lowest BCUT2D eigenvalue weighted by atomic mass is 10.0. The van der Waals surface area contributed by atoms with Crippen LogP contribution in [0.25, 0.3) is 0 Å². The Balaban J connectivity index is 2.04. The van der Waals surface area contributed by atoms with Crippen LogP contribution < -0.4 is 0 Å². The SMILES string of the molecule is O=C(c1ccncc1)N1N=C(c2ccc(F)cc2)C[C@@]1(O)C(F)(F)F. The number of hydrazone groups is 1. The van der Waals surface area contributed by atoms with E-state index in [1.54, 1.807) is 0 Å². The number of carbonyl (C=O) groups is 1. The number of hydrogen-bond acceptors (Lipinski definition) is 4. The summed E-state index contributed by atoms with van der Waals surface area (Å²) in [6.45, 7) is 0. The maximum Gasteiger partial charge on any atom is 0.438 e. The summed E-state index contributed by atoms with van der Waals surface area (Å²) in [6, 6.07) is 6.99. The molecule has 130 valence electrons. The van der Waals surface area contributed by atoms with Crippen molar-refractivity contribution < 1.29 is 27.5 Å². The maximum atomic E-state index is 13.4. The highest BCUT2D eigenvalue weighted by Crippen LogP contribution is 2.41. The Hall–Kier alpha value is -2.81. The molecule has 0 fully saturated rings. The van der Waals surface area contributed by atoms with Crippen LogP contribution in [0.1, 0.15) is 22.3 Å². The average molecular weight is 353 g/mol. The molecule has 1 amide bonds. The summed E-state index contributed by atoms with van der Waals surface area (Å²) in [5.74, 6) is -1.70. The van der Waals surface area contributed by atoms with Crippen molar-refractivity contribution in [1.29, 1.82) is 0 Å². The zero-order chi connectivity index (χ0) is 18.2. The van der Waals surface area contributed by atoms with Gasteiger partial charge in [-0.05, 0) is 29.8 Å². The fourth-order valence-electron chi connectivity index (χ4n) is 2.40. The third-order valence-electron chi connectivity index (χ3n) is 3.74. The van der Waals surface area contributed by atoms with Crippen molar-refractivity contribution in [3.8, 4) is 0 Å². The standard InChI is InChI=1S/C16H11F4N3O2/c17-12-3-1-10(2-4-12)13-9-15(25,16(18,19)20)23(22-13)14(24)11-5-7-21-8-6-11/h1-8,25H,9H2/t15-/m1/s1. The van der Waals surface area contributed by atoms with E-state index in [-0.39, 0.29) is 21.8 Å². The normalized spacial score (nSPS) is 20.5. The highest BCUT2D eigenvalue weighted by atomic mass is 19.4. The van der Waals surface area contributed by atoms with E-state index in [0.29, 0.717) is 0 Å². The Labute approximate surface area is 139 Å². The van der Waals surface area contributed by atoms with Gasteiger partial charge in [0.25, 0.3) is 11.6 Å². The molecule has 0 bridgehead atoms. The molecule has 0 saturated heterocycles. The fraction of sp³-hybridized carbons (Fsp3) is 0.188. The molecule has 1 aromatic carbocycles. The van der Waals surface area contributed by atoms with Gasteiger partial charge in [0.05, 0.1) is 12.1 Å². The van der Waals surface area contributed by atoms with Crippen LogP contribution in [-0.2, 0) is 0 Å². The summed E-state index contributed by atoms with van der Waals surface area (Å²) in [7, 11) is 0. The molecule has 0 radical (unpaired) electrons.